The van der Waals surface area contributed by atoms with Crippen LogP contribution in [-0.4, -0.2) is 21.9 Å². The molecule has 1 aromatic heterocycles. The summed E-state index contributed by atoms with van der Waals surface area (Å²) in [5.74, 6) is 0.452. The molecule has 1 heterocycles. The minimum atomic E-state index is -0.153. The molecule has 0 bridgehead atoms. The van der Waals surface area contributed by atoms with E-state index in [1.54, 1.807) is 6.20 Å². The van der Waals surface area contributed by atoms with E-state index in [2.05, 4.69) is 15.3 Å². The summed E-state index contributed by atoms with van der Waals surface area (Å²) in [7, 11) is 0. The first-order valence-electron chi connectivity index (χ1n) is 5.30. The van der Waals surface area contributed by atoms with Crippen molar-refractivity contribution in [2.24, 2.45) is 0 Å². The Morgan fingerprint density at radius 3 is 2.87 bits per heavy atom. The molecular weight excluding hydrogens is 190 g/mol. The second-order valence-corrected chi connectivity index (χ2v) is 4.21. The van der Waals surface area contributed by atoms with Gasteiger partial charge in [-0.15, -0.1) is 0 Å². The van der Waals surface area contributed by atoms with Crippen LogP contribution in [0.4, 0.5) is 0 Å². The molecule has 15 heavy (non-hydrogen) atoms. The van der Waals surface area contributed by atoms with Crippen LogP contribution in [0.2, 0.25) is 0 Å². The van der Waals surface area contributed by atoms with Gasteiger partial charge in [-0.2, -0.15) is 0 Å². The minimum Gasteiger partial charge on any atom is -0.347 e. The highest BCUT2D eigenvalue weighted by molar-refractivity contribution is 5.90. The molecule has 0 radical (unpaired) electrons. The molecule has 4 heteroatoms. The van der Waals surface area contributed by atoms with Crippen molar-refractivity contribution in [3.63, 3.8) is 0 Å². The molecule has 0 atom stereocenters. The van der Waals surface area contributed by atoms with Crippen LogP contribution in [0.15, 0.2) is 12.3 Å². The molecule has 0 spiro atoms. The van der Waals surface area contributed by atoms with Gasteiger partial charge in [0.2, 0.25) is 5.82 Å². The molecule has 1 N–H and O–H groups in total. The first kappa shape index (κ1) is 10.1. The van der Waals surface area contributed by atoms with Crippen LogP contribution in [-0.2, 0) is 0 Å². The van der Waals surface area contributed by atoms with Gasteiger partial charge in [-0.1, -0.05) is 13.8 Å². The van der Waals surface area contributed by atoms with E-state index in [0.29, 0.717) is 12.0 Å². The summed E-state index contributed by atoms with van der Waals surface area (Å²) in [4.78, 5) is 19.8. The van der Waals surface area contributed by atoms with Gasteiger partial charge in [0.15, 0.2) is 0 Å². The molecule has 0 unspecified atom stereocenters. The lowest BCUT2D eigenvalue weighted by atomic mass is 10.1. The Morgan fingerprint density at radius 2 is 2.27 bits per heavy atom. The van der Waals surface area contributed by atoms with Crippen molar-refractivity contribution in [2.75, 3.05) is 0 Å². The lowest BCUT2D eigenvalue weighted by molar-refractivity contribution is 0.0940. The Kier molecular flexibility index (Phi) is 2.66. The Hall–Kier alpha value is -1.45. The highest BCUT2D eigenvalue weighted by atomic mass is 16.2. The Morgan fingerprint density at radius 1 is 1.53 bits per heavy atom. The summed E-state index contributed by atoms with van der Waals surface area (Å²) in [6.07, 6.45) is 3.80. The number of rotatable bonds is 3. The molecule has 1 aromatic rings. The van der Waals surface area contributed by atoms with E-state index in [1.165, 1.54) is 0 Å². The van der Waals surface area contributed by atoms with Gasteiger partial charge in [0, 0.05) is 17.9 Å². The van der Waals surface area contributed by atoms with E-state index in [-0.39, 0.29) is 11.7 Å². The van der Waals surface area contributed by atoms with Gasteiger partial charge in [0.1, 0.15) is 0 Å². The molecule has 1 fully saturated rings. The minimum absolute atomic E-state index is 0.153. The summed E-state index contributed by atoms with van der Waals surface area (Å²) < 4.78 is 0. The smallest absolute Gasteiger partial charge is 0.289 e. The monoisotopic (exact) mass is 205 g/mol. The standard InChI is InChI=1S/C11H15N3O/c1-7(2)9-5-6-12-10(14-9)11(15)13-8-3-4-8/h5-8H,3-4H2,1-2H3,(H,13,15). The van der Waals surface area contributed by atoms with E-state index in [1.807, 2.05) is 19.9 Å². The highest BCUT2D eigenvalue weighted by Gasteiger charge is 2.24. The fraction of sp³-hybridized carbons (Fsp3) is 0.545. The molecule has 0 saturated heterocycles. The fourth-order valence-electron chi connectivity index (χ4n) is 1.28. The average molecular weight is 205 g/mol. The number of nitrogens with zero attached hydrogens (tertiary/aromatic N) is 2. The first-order valence-corrected chi connectivity index (χ1v) is 5.30. The fourth-order valence-corrected chi connectivity index (χ4v) is 1.28. The number of amides is 1. The number of hydrogen-bond acceptors (Lipinski definition) is 3. The third-order valence-corrected chi connectivity index (χ3v) is 2.38. The van der Waals surface area contributed by atoms with Gasteiger partial charge in [-0.3, -0.25) is 4.79 Å². The SMILES string of the molecule is CC(C)c1ccnc(C(=O)NC2CC2)n1. The van der Waals surface area contributed by atoms with Gasteiger partial charge in [0.05, 0.1) is 0 Å². The molecule has 0 aromatic carbocycles. The van der Waals surface area contributed by atoms with Gasteiger partial charge < -0.3 is 5.32 Å². The van der Waals surface area contributed by atoms with Gasteiger partial charge >= 0.3 is 0 Å². The van der Waals surface area contributed by atoms with Gasteiger partial charge in [-0.05, 0) is 24.8 Å². The molecule has 1 aliphatic carbocycles. The van der Waals surface area contributed by atoms with Crippen molar-refractivity contribution in [1.29, 1.82) is 0 Å². The van der Waals surface area contributed by atoms with Crippen molar-refractivity contribution >= 4 is 5.91 Å². The Balaban J connectivity index is 2.12. The maximum absolute atomic E-state index is 11.6. The Labute approximate surface area is 89.1 Å². The quantitative estimate of drug-likeness (QED) is 0.813. The van der Waals surface area contributed by atoms with Gasteiger partial charge in [0.25, 0.3) is 5.91 Å². The number of aromatic nitrogens is 2. The lowest BCUT2D eigenvalue weighted by Crippen LogP contribution is -2.27. The van der Waals surface area contributed by atoms with Crippen LogP contribution in [0.1, 0.15) is 48.9 Å². The summed E-state index contributed by atoms with van der Waals surface area (Å²) in [5, 5.41) is 2.87. The second kappa shape index (κ2) is 3.96. The van der Waals surface area contributed by atoms with Crippen LogP contribution in [0.3, 0.4) is 0 Å². The predicted molar refractivity (Wildman–Crippen MR) is 56.6 cm³/mol. The maximum atomic E-state index is 11.6. The summed E-state index contributed by atoms with van der Waals surface area (Å²) in [6, 6.07) is 2.20. The molecule has 1 saturated carbocycles. The van der Waals surface area contributed by atoms with Crippen LogP contribution >= 0.6 is 0 Å². The van der Waals surface area contributed by atoms with E-state index in [9.17, 15) is 4.79 Å². The summed E-state index contributed by atoms with van der Waals surface area (Å²) in [5.41, 5.74) is 0.908. The molecule has 1 amide bonds. The van der Waals surface area contributed by atoms with E-state index in [0.717, 1.165) is 18.5 Å². The Bertz CT molecular complexity index is 372. The van der Waals surface area contributed by atoms with Crippen molar-refractivity contribution in [2.45, 2.75) is 38.6 Å². The summed E-state index contributed by atoms with van der Waals surface area (Å²) in [6.45, 7) is 4.09. The van der Waals surface area contributed by atoms with Crippen molar-refractivity contribution in [3.05, 3.63) is 23.8 Å². The zero-order valence-corrected chi connectivity index (χ0v) is 9.03. The molecule has 1 aliphatic rings. The molecule has 80 valence electrons. The zero-order valence-electron chi connectivity index (χ0n) is 9.03. The lowest BCUT2D eigenvalue weighted by Gasteiger charge is -2.06. The van der Waals surface area contributed by atoms with Crippen LogP contribution in [0.5, 0.6) is 0 Å². The number of carbonyl (C=O) groups is 1. The molecule has 4 nitrogen and oxygen atoms in total. The summed E-state index contributed by atoms with van der Waals surface area (Å²) >= 11 is 0. The topological polar surface area (TPSA) is 54.9 Å². The van der Waals surface area contributed by atoms with Gasteiger partial charge in [-0.25, -0.2) is 9.97 Å². The molecule has 0 aliphatic heterocycles. The third kappa shape index (κ3) is 2.52. The van der Waals surface area contributed by atoms with Crippen LogP contribution < -0.4 is 5.32 Å². The van der Waals surface area contributed by atoms with Crippen molar-refractivity contribution in [1.82, 2.24) is 15.3 Å². The zero-order chi connectivity index (χ0) is 10.8. The predicted octanol–water partition coefficient (Wildman–Crippen LogP) is 1.49. The molecule has 2 rings (SSSR count). The molecular formula is C11H15N3O. The number of carbonyl (C=O) groups excluding carboxylic acids is 1. The number of hydrogen-bond donors (Lipinski definition) is 1. The maximum Gasteiger partial charge on any atom is 0.289 e. The highest BCUT2D eigenvalue weighted by Crippen LogP contribution is 2.19. The first-order chi connectivity index (χ1) is 7.16. The van der Waals surface area contributed by atoms with Crippen molar-refractivity contribution < 1.29 is 4.79 Å². The van der Waals surface area contributed by atoms with E-state index in [4.69, 9.17) is 0 Å². The van der Waals surface area contributed by atoms with Crippen molar-refractivity contribution in [3.8, 4) is 0 Å². The largest absolute Gasteiger partial charge is 0.347 e. The normalized spacial score (nSPS) is 15.4. The number of nitrogens with one attached hydrogen (secondary N) is 1. The average Bonchev–Trinajstić information content (AvgIpc) is 3.02. The van der Waals surface area contributed by atoms with Crippen LogP contribution in [0, 0.1) is 0 Å². The van der Waals surface area contributed by atoms with E-state index < -0.39 is 0 Å². The third-order valence-electron chi connectivity index (χ3n) is 2.38. The van der Waals surface area contributed by atoms with Crippen LogP contribution in [0.25, 0.3) is 0 Å². The van der Waals surface area contributed by atoms with E-state index >= 15 is 0 Å². The second-order valence-electron chi connectivity index (χ2n) is 4.21.